The summed E-state index contributed by atoms with van der Waals surface area (Å²) in [7, 11) is 3.07. The van der Waals surface area contributed by atoms with Gasteiger partial charge in [0.15, 0.2) is 5.58 Å². The third-order valence-corrected chi connectivity index (χ3v) is 5.09. The highest BCUT2D eigenvalue weighted by atomic mass is 35.5. The number of rotatable bonds is 5. The number of fused-ring (bicyclic) bond motifs is 1. The summed E-state index contributed by atoms with van der Waals surface area (Å²) in [5.74, 6) is 1.24. The number of amides is 1. The Morgan fingerprint density at radius 1 is 1.00 bits per heavy atom. The fourth-order valence-corrected chi connectivity index (χ4v) is 3.18. The largest absolute Gasteiger partial charge is 0.497 e. The molecule has 1 amide bonds. The third-order valence-electron chi connectivity index (χ3n) is 4.68. The van der Waals surface area contributed by atoms with Gasteiger partial charge in [0.1, 0.15) is 17.0 Å². The highest BCUT2D eigenvalue weighted by Crippen LogP contribution is 2.29. The normalized spacial score (nSPS) is 10.8. The van der Waals surface area contributed by atoms with Crippen LogP contribution >= 0.6 is 11.6 Å². The van der Waals surface area contributed by atoms with Crippen molar-refractivity contribution in [3.63, 3.8) is 0 Å². The van der Waals surface area contributed by atoms with Gasteiger partial charge in [0.05, 0.1) is 14.2 Å². The summed E-state index contributed by atoms with van der Waals surface area (Å²) < 4.78 is 16.3. The fourth-order valence-electron chi connectivity index (χ4n) is 3.00. The SMILES string of the molecule is COc1cc(OC)cc(C(=O)Nc2ccc3oc(-c4ccc(C)c(Cl)c4)nc3c2)c1. The lowest BCUT2D eigenvalue weighted by molar-refractivity contribution is 0.102. The number of nitrogens with zero attached hydrogens (tertiary/aromatic N) is 1. The van der Waals surface area contributed by atoms with Crippen molar-refractivity contribution in [2.24, 2.45) is 0 Å². The molecule has 6 nitrogen and oxygen atoms in total. The summed E-state index contributed by atoms with van der Waals surface area (Å²) in [5, 5.41) is 3.52. The Bertz CT molecular complexity index is 1230. The monoisotopic (exact) mass is 422 g/mol. The minimum atomic E-state index is -0.291. The molecule has 0 saturated heterocycles. The molecule has 1 heterocycles. The lowest BCUT2D eigenvalue weighted by atomic mass is 10.1. The molecule has 4 rings (SSSR count). The van der Waals surface area contributed by atoms with Gasteiger partial charge in [-0.3, -0.25) is 4.79 Å². The minimum Gasteiger partial charge on any atom is -0.497 e. The zero-order valence-corrected chi connectivity index (χ0v) is 17.4. The number of oxazole rings is 1. The Hall–Kier alpha value is -3.51. The van der Waals surface area contributed by atoms with Crippen LogP contribution in [0.5, 0.6) is 11.5 Å². The molecule has 4 aromatic rings. The minimum absolute atomic E-state index is 0.291. The van der Waals surface area contributed by atoms with Crippen LogP contribution in [-0.4, -0.2) is 25.1 Å². The number of aryl methyl sites for hydroxylation is 1. The lowest BCUT2D eigenvalue weighted by Gasteiger charge is -2.09. The molecule has 0 saturated carbocycles. The predicted molar refractivity (Wildman–Crippen MR) is 117 cm³/mol. The highest BCUT2D eigenvalue weighted by molar-refractivity contribution is 6.31. The topological polar surface area (TPSA) is 73.6 Å². The van der Waals surface area contributed by atoms with E-state index in [0.717, 1.165) is 11.1 Å². The maximum atomic E-state index is 12.7. The van der Waals surface area contributed by atoms with E-state index in [0.29, 0.717) is 44.8 Å². The summed E-state index contributed by atoms with van der Waals surface area (Å²) in [4.78, 5) is 17.2. The van der Waals surface area contributed by atoms with E-state index in [-0.39, 0.29) is 5.91 Å². The summed E-state index contributed by atoms with van der Waals surface area (Å²) >= 11 is 6.21. The van der Waals surface area contributed by atoms with Crippen molar-refractivity contribution < 1.29 is 18.7 Å². The first kappa shape index (κ1) is 19.8. The van der Waals surface area contributed by atoms with Crippen LogP contribution in [0.1, 0.15) is 15.9 Å². The summed E-state index contributed by atoms with van der Waals surface area (Å²) in [6.07, 6.45) is 0. The molecule has 3 aromatic carbocycles. The van der Waals surface area contributed by atoms with Gasteiger partial charge in [0.2, 0.25) is 5.89 Å². The number of hydrogen-bond donors (Lipinski definition) is 1. The smallest absolute Gasteiger partial charge is 0.255 e. The number of methoxy groups -OCH3 is 2. The predicted octanol–water partition coefficient (Wildman–Crippen LogP) is 5.73. The average Bonchev–Trinajstić information content (AvgIpc) is 3.18. The van der Waals surface area contributed by atoms with Crippen molar-refractivity contribution in [1.29, 1.82) is 0 Å². The third kappa shape index (κ3) is 3.95. The van der Waals surface area contributed by atoms with Crippen molar-refractivity contribution in [3.05, 3.63) is 70.7 Å². The molecule has 0 radical (unpaired) electrons. The van der Waals surface area contributed by atoms with Crippen LogP contribution in [0, 0.1) is 6.92 Å². The lowest BCUT2D eigenvalue weighted by Crippen LogP contribution is -2.12. The molecule has 30 heavy (non-hydrogen) atoms. The number of carbonyl (C=O) groups is 1. The molecule has 7 heteroatoms. The Morgan fingerprint density at radius 2 is 1.73 bits per heavy atom. The van der Waals surface area contributed by atoms with Crippen LogP contribution in [0.2, 0.25) is 5.02 Å². The van der Waals surface area contributed by atoms with Crippen molar-refractivity contribution in [3.8, 4) is 23.0 Å². The number of aromatic nitrogens is 1. The van der Waals surface area contributed by atoms with Crippen LogP contribution in [-0.2, 0) is 0 Å². The van der Waals surface area contributed by atoms with Crippen LogP contribution < -0.4 is 14.8 Å². The molecule has 1 aromatic heterocycles. The number of nitrogens with one attached hydrogen (secondary N) is 1. The maximum Gasteiger partial charge on any atom is 0.255 e. The van der Waals surface area contributed by atoms with Crippen molar-refractivity contribution in [2.75, 3.05) is 19.5 Å². The van der Waals surface area contributed by atoms with Gasteiger partial charge in [-0.25, -0.2) is 4.98 Å². The van der Waals surface area contributed by atoms with Crippen molar-refractivity contribution in [1.82, 2.24) is 4.98 Å². The number of carbonyl (C=O) groups excluding carboxylic acids is 1. The molecule has 0 atom stereocenters. The molecule has 0 aliphatic carbocycles. The van der Waals surface area contributed by atoms with E-state index < -0.39 is 0 Å². The summed E-state index contributed by atoms with van der Waals surface area (Å²) in [5.41, 5.74) is 4.02. The van der Waals surface area contributed by atoms with Crippen LogP contribution in [0.25, 0.3) is 22.6 Å². The Labute approximate surface area is 178 Å². The van der Waals surface area contributed by atoms with Gasteiger partial charge in [0.25, 0.3) is 5.91 Å². The Balaban J connectivity index is 1.61. The number of halogens is 1. The highest BCUT2D eigenvalue weighted by Gasteiger charge is 2.13. The molecule has 0 aliphatic rings. The van der Waals surface area contributed by atoms with E-state index in [1.807, 2.05) is 25.1 Å². The van der Waals surface area contributed by atoms with Gasteiger partial charge in [-0.15, -0.1) is 0 Å². The van der Waals surface area contributed by atoms with E-state index in [1.54, 1.807) is 36.4 Å². The van der Waals surface area contributed by atoms with Crippen molar-refractivity contribution in [2.45, 2.75) is 6.92 Å². The summed E-state index contributed by atoms with van der Waals surface area (Å²) in [6.45, 7) is 1.94. The van der Waals surface area contributed by atoms with Crippen LogP contribution in [0.15, 0.2) is 59.0 Å². The van der Waals surface area contributed by atoms with Gasteiger partial charge in [-0.05, 0) is 55.0 Å². The van der Waals surface area contributed by atoms with Gasteiger partial charge < -0.3 is 19.2 Å². The number of hydrogen-bond acceptors (Lipinski definition) is 5. The first-order valence-electron chi connectivity index (χ1n) is 9.18. The number of anilines is 1. The molecular weight excluding hydrogens is 404 g/mol. The molecule has 0 spiro atoms. The fraction of sp³-hybridized carbons (Fsp3) is 0.130. The zero-order valence-electron chi connectivity index (χ0n) is 16.7. The van der Waals surface area contributed by atoms with E-state index in [9.17, 15) is 4.79 Å². The molecule has 0 unspecified atom stereocenters. The van der Waals surface area contributed by atoms with E-state index >= 15 is 0 Å². The van der Waals surface area contributed by atoms with E-state index in [4.69, 9.17) is 25.5 Å². The first-order chi connectivity index (χ1) is 14.5. The number of benzene rings is 3. The van der Waals surface area contributed by atoms with Crippen LogP contribution in [0.3, 0.4) is 0 Å². The molecule has 152 valence electrons. The van der Waals surface area contributed by atoms with E-state index in [2.05, 4.69) is 10.3 Å². The van der Waals surface area contributed by atoms with Gasteiger partial charge in [-0.1, -0.05) is 17.7 Å². The van der Waals surface area contributed by atoms with Gasteiger partial charge in [-0.2, -0.15) is 0 Å². The second-order valence-corrected chi connectivity index (χ2v) is 7.13. The Morgan fingerprint density at radius 3 is 2.40 bits per heavy atom. The number of ether oxygens (including phenoxy) is 2. The first-order valence-corrected chi connectivity index (χ1v) is 9.56. The Kier molecular flexibility index (Phi) is 5.33. The quantitative estimate of drug-likeness (QED) is 0.444. The van der Waals surface area contributed by atoms with Gasteiger partial charge in [0, 0.05) is 27.9 Å². The van der Waals surface area contributed by atoms with Crippen molar-refractivity contribution >= 4 is 34.3 Å². The molecule has 0 aliphatic heterocycles. The second-order valence-electron chi connectivity index (χ2n) is 6.72. The molecule has 1 N–H and O–H groups in total. The second kappa shape index (κ2) is 8.08. The zero-order chi connectivity index (χ0) is 21.3. The van der Waals surface area contributed by atoms with Crippen LogP contribution in [0.4, 0.5) is 5.69 Å². The summed E-state index contributed by atoms with van der Waals surface area (Å²) in [6, 6.07) is 15.9. The molecule has 0 fully saturated rings. The van der Waals surface area contributed by atoms with Gasteiger partial charge >= 0.3 is 0 Å². The molecule has 0 bridgehead atoms. The maximum absolute atomic E-state index is 12.7. The van der Waals surface area contributed by atoms with E-state index in [1.165, 1.54) is 14.2 Å². The molecular formula is C23H19ClN2O4. The average molecular weight is 423 g/mol. The standard InChI is InChI=1S/C23H19ClN2O4/c1-13-4-5-14(10-19(13)24)23-26-20-11-16(6-7-21(20)30-23)25-22(27)15-8-17(28-2)12-18(9-15)29-3/h4-12H,1-3H3,(H,25,27).